The molecule has 0 amide bonds. The molecule has 0 radical (unpaired) electrons. The van der Waals surface area contributed by atoms with Crippen molar-refractivity contribution >= 4 is 0 Å². The van der Waals surface area contributed by atoms with E-state index in [4.69, 9.17) is 0 Å². The predicted octanol–water partition coefficient (Wildman–Crippen LogP) is 4.63. The van der Waals surface area contributed by atoms with Gasteiger partial charge >= 0.3 is 0 Å². The van der Waals surface area contributed by atoms with Gasteiger partial charge in [0.2, 0.25) is 0 Å². The summed E-state index contributed by atoms with van der Waals surface area (Å²) in [5, 5.41) is 3.42. The monoisotopic (exact) mass is 281 g/mol. The van der Waals surface area contributed by atoms with Gasteiger partial charge in [-0.25, -0.2) is 8.78 Å². The predicted molar refractivity (Wildman–Crippen MR) is 78.8 cm³/mol. The van der Waals surface area contributed by atoms with Crippen LogP contribution in [0.2, 0.25) is 0 Å². The van der Waals surface area contributed by atoms with Crippen LogP contribution in [0.15, 0.2) is 18.2 Å². The summed E-state index contributed by atoms with van der Waals surface area (Å²) in [6.45, 7) is 3.91. The zero-order chi connectivity index (χ0) is 14.4. The molecule has 1 aliphatic carbocycles. The van der Waals surface area contributed by atoms with Crippen LogP contribution < -0.4 is 5.32 Å². The molecule has 1 aromatic rings. The highest BCUT2D eigenvalue weighted by atomic mass is 19.1. The molecule has 1 unspecified atom stereocenters. The summed E-state index contributed by atoms with van der Waals surface area (Å²) in [6.07, 6.45) is 7.21. The van der Waals surface area contributed by atoms with Gasteiger partial charge in [-0.3, -0.25) is 0 Å². The van der Waals surface area contributed by atoms with Crippen molar-refractivity contribution in [2.45, 2.75) is 51.4 Å². The standard InChI is InChI=1S/C17H25F2N/c1-2-8-20-12-17(13-6-4-3-5-7-13)14-9-15(18)11-16(19)10-14/h9-11,13,17,20H,2-8,12H2,1H3. The summed E-state index contributed by atoms with van der Waals surface area (Å²) in [4.78, 5) is 0. The van der Waals surface area contributed by atoms with Gasteiger partial charge in [0.25, 0.3) is 0 Å². The van der Waals surface area contributed by atoms with Gasteiger partial charge in [-0.15, -0.1) is 0 Å². The van der Waals surface area contributed by atoms with Crippen LogP contribution >= 0.6 is 0 Å². The van der Waals surface area contributed by atoms with Gasteiger partial charge in [0.1, 0.15) is 11.6 Å². The molecule has 0 bridgehead atoms. The average molecular weight is 281 g/mol. The molecule has 0 saturated heterocycles. The van der Waals surface area contributed by atoms with E-state index in [0.29, 0.717) is 5.92 Å². The largest absolute Gasteiger partial charge is 0.316 e. The van der Waals surface area contributed by atoms with Crippen LogP contribution in [0.1, 0.15) is 56.9 Å². The first-order valence-corrected chi connectivity index (χ1v) is 7.87. The van der Waals surface area contributed by atoms with Gasteiger partial charge in [0, 0.05) is 12.6 Å². The molecule has 0 heterocycles. The minimum absolute atomic E-state index is 0.229. The average Bonchev–Trinajstić information content (AvgIpc) is 2.43. The molecule has 1 aromatic carbocycles. The first-order chi connectivity index (χ1) is 9.70. The number of benzene rings is 1. The zero-order valence-electron chi connectivity index (χ0n) is 12.3. The third-order valence-corrected chi connectivity index (χ3v) is 4.32. The van der Waals surface area contributed by atoms with Gasteiger partial charge in [-0.1, -0.05) is 26.2 Å². The molecular formula is C17H25F2N. The van der Waals surface area contributed by atoms with E-state index in [-0.39, 0.29) is 5.92 Å². The number of hydrogen-bond donors (Lipinski definition) is 1. The number of hydrogen-bond acceptors (Lipinski definition) is 1. The normalized spacial score (nSPS) is 18.1. The molecule has 1 aliphatic rings. The van der Waals surface area contributed by atoms with Crippen molar-refractivity contribution in [3.8, 4) is 0 Å². The first kappa shape index (κ1) is 15.4. The molecule has 0 aromatic heterocycles. The summed E-state index contributed by atoms with van der Waals surface area (Å²) < 4.78 is 27.0. The third-order valence-electron chi connectivity index (χ3n) is 4.32. The van der Waals surface area contributed by atoms with Crippen LogP contribution in [0.4, 0.5) is 8.78 Å². The van der Waals surface area contributed by atoms with Gasteiger partial charge in [0.15, 0.2) is 0 Å². The Labute approximate surface area is 120 Å². The molecule has 1 N–H and O–H groups in total. The Kier molecular flexibility index (Phi) is 5.96. The van der Waals surface area contributed by atoms with Crippen LogP contribution in [0.3, 0.4) is 0 Å². The van der Waals surface area contributed by atoms with Crippen molar-refractivity contribution in [1.82, 2.24) is 5.32 Å². The van der Waals surface area contributed by atoms with Crippen LogP contribution in [0, 0.1) is 17.6 Å². The van der Waals surface area contributed by atoms with E-state index in [1.165, 1.54) is 44.2 Å². The van der Waals surface area contributed by atoms with Crippen molar-refractivity contribution in [2.24, 2.45) is 5.92 Å². The van der Waals surface area contributed by atoms with E-state index in [9.17, 15) is 8.78 Å². The maximum atomic E-state index is 13.5. The molecule has 112 valence electrons. The van der Waals surface area contributed by atoms with Crippen LogP contribution in [-0.2, 0) is 0 Å². The summed E-state index contributed by atoms with van der Waals surface area (Å²) in [6, 6.07) is 3.98. The maximum absolute atomic E-state index is 13.5. The second kappa shape index (κ2) is 7.72. The lowest BCUT2D eigenvalue weighted by Gasteiger charge is -2.31. The highest BCUT2D eigenvalue weighted by Gasteiger charge is 2.25. The Morgan fingerprint density at radius 1 is 1.10 bits per heavy atom. The fraction of sp³-hybridized carbons (Fsp3) is 0.647. The minimum Gasteiger partial charge on any atom is -0.316 e. The fourth-order valence-electron chi connectivity index (χ4n) is 3.32. The number of rotatable bonds is 6. The molecule has 1 nitrogen and oxygen atoms in total. The molecule has 2 rings (SSSR count). The van der Waals surface area contributed by atoms with E-state index in [2.05, 4.69) is 12.2 Å². The lowest BCUT2D eigenvalue weighted by molar-refractivity contribution is 0.296. The van der Waals surface area contributed by atoms with Crippen LogP contribution in [0.5, 0.6) is 0 Å². The Morgan fingerprint density at radius 2 is 1.75 bits per heavy atom. The lowest BCUT2D eigenvalue weighted by Crippen LogP contribution is -2.28. The quantitative estimate of drug-likeness (QED) is 0.750. The van der Waals surface area contributed by atoms with Crippen molar-refractivity contribution in [2.75, 3.05) is 13.1 Å². The Bertz CT molecular complexity index is 393. The summed E-state index contributed by atoms with van der Waals surface area (Å²) in [5.74, 6) is -0.144. The second-order valence-corrected chi connectivity index (χ2v) is 5.91. The van der Waals surface area contributed by atoms with Crippen LogP contribution in [-0.4, -0.2) is 13.1 Å². The van der Waals surface area contributed by atoms with E-state index >= 15 is 0 Å². The van der Waals surface area contributed by atoms with E-state index in [0.717, 1.165) is 31.1 Å². The highest BCUT2D eigenvalue weighted by molar-refractivity contribution is 5.23. The summed E-state index contributed by atoms with van der Waals surface area (Å²) in [5.41, 5.74) is 0.818. The first-order valence-electron chi connectivity index (χ1n) is 7.87. The van der Waals surface area contributed by atoms with Gasteiger partial charge in [-0.2, -0.15) is 0 Å². The molecular weight excluding hydrogens is 256 g/mol. The Balaban J connectivity index is 2.15. The van der Waals surface area contributed by atoms with E-state index < -0.39 is 11.6 Å². The second-order valence-electron chi connectivity index (χ2n) is 5.91. The number of nitrogens with one attached hydrogen (secondary N) is 1. The highest BCUT2D eigenvalue weighted by Crippen LogP contribution is 2.36. The molecule has 1 saturated carbocycles. The third kappa shape index (κ3) is 4.27. The fourth-order valence-corrected chi connectivity index (χ4v) is 3.32. The SMILES string of the molecule is CCCNCC(c1cc(F)cc(F)c1)C1CCCCC1. The zero-order valence-corrected chi connectivity index (χ0v) is 12.3. The Morgan fingerprint density at radius 3 is 2.35 bits per heavy atom. The van der Waals surface area contributed by atoms with E-state index in [1.807, 2.05) is 0 Å². The molecule has 0 spiro atoms. The maximum Gasteiger partial charge on any atom is 0.126 e. The van der Waals surface area contributed by atoms with Crippen molar-refractivity contribution in [1.29, 1.82) is 0 Å². The lowest BCUT2D eigenvalue weighted by atomic mass is 9.76. The molecule has 20 heavy (non-hydrogen) atoms. The summed E-state index contributed by atoms with van der Waals surface area (Å²) >= 11 is 0. The smallest absolute Gasteiger partial charge is 0.126 e. The van der Waals surface area contributed by atoms with Crippen molar-refractivity contribution in [3.63, 3.8) is 0 Å². The molecule has 0 aliphatic heterocycles. The molecule has 3 heteroatoms. The van der Waals surface area contributed by atoms with Gasteiger partial charge in [-0.05, 0) is 55.3 Å². The van der Waals surface area contributed by atoms with E-state index in [1.54, 1.807) is 0 Å². The van der Waals surface area contributed by atoms with Gasteiger partial charge < -0.3 is 5.32 Å². The number of halogens is 2. The topological polar surface area (TPSA) is 12.0 Å². The van der Waals surface area contributed by atoms with Crippen LogP contribution in [0.25, 0.3) is 0 Å². The van der Waals surface area contributed by atoms with Crippen molar-refractivity contribution < 1.29 is 8.78 Å². The minimum atomic E-state index is -0.462. The summed E-state index contributed by atoms with van der Waals surface area (Å²) in [7, 11) is 0. The molecule has 1 atom stereocenters. The Hall–Kier alpha value is -0.960. The van der Waals surface area contributed by atoms with Crippen molar-refractivity contribution in [3.05, 3.63) is 35.4 Å². The van der Waals surface area contributed by atoms with Gasteiger partial charge in [0.05, 0.1) is 0 Å². The molecule has 1 fully saturated rings.